The van der Waals surface area contributed by atoms with E-state index in [2.05, 4.69) is 17.2 Å². The van der Waals surface area contributed by atoms with Crippen LogP contribution in [0.25, 0.3) is 0 Å². The molecular weight excluding hydrogens is 268 g/mol. The van der Waals surface area contributed by atoms with Gasteiger partial charge in [-0.1, -0.05) is 13.3 Å². The zero-order valence-corrected chi connectivity index (χ0v) is 12.7. The third-order valence-electron chi connectivity index (χ3n) is 4.53. The number of aromatic amines is 1. The first kappa shape index (κ1) is 15.8. The molecule has 2 rings (SSSR count). The molecule has 1 aliphatic rings. The van der Waals surface area contributed by atoms with Gasteiger partial charge in [0.1, 0.15) is 5.69 Å². The minimum atomic E-state index is -0.794. The first-order chi connectivity index (χ1) is 9.93. The Kier molecular flexibility index (Phi) is 4.83. The average molecular weight is 292 g/mol. The van der Waals surface area contributed by atoms with Gasteiger partial charge >= 0.3 is 0 Å². The number of H-pyrrole nitrogens is 1. The van der Waals surface area contributed by atoms with Crippen LogP contribution in [0.2, 0.25) is 0 Å². The number of hydrogen-bond acceptors (Lipinski definition) is 3. The molecule has 5 nitrogen and oxygen atoms in total. The highest BCUT2D eigenvalue weighted by Crippen LogP contribution is 2.33. The number of carbonyl (C=O) groups excluding carboxylic acids is 2. The Hall–Kier alpha value is -1.62. The summed E-state index contributed by atoms with van der Waals surface area (Å²) >= 11 is 0. The van der Waals surface area contributed by atoms with Crippen LogP contribution in [-0.2, 0) is 0 Å². The fraction of sp³-hybridized carbons (Fsp3) is 0.625. The van der Waals surface area contributed by atoms with Crippen molar-refractivity contribution in [3.63, 3.8) is 0 Å². The second kappa shape index (κ2) is 6.43. The van der Waals surface area contributed by atoms with Crippen LogP contribution in [0.5, 0.6) is 0 Å². The van der Waals surface area contributed by atoms with Crippen molar-refractivity contribution in [2.75, 3.05) is 6.54 Å². The highest BCUT2D eigenvalue weighted by Gasteiger charge is 2.33. The standard InChI is InChI=1S/C16H24N2O3/c1-3-12-4-6-16(21,7-5-12)10-18-15(20)14-8-13(9-17-14)11(2)19/h8-9,12,17,21H,3-7,10H2,1-2H3,(H,18,20). The van der Waals surface area contributed by atoms with Gasteiger partial charge in [0.2, 0.25) is 0 Å². The molecule has 21 heavy (non-hydrogen) atoms. The van der Waals surface area contributed by atoms with Crippen LogP contribution in [0.3, 0.4) is 0 Å². The number of nitrogens with one attached hydrogen (secondary N) is 2. The average Bonchev–Trinajstić information content (AvgIpc) is 2.96. The quantitative estimate of drug-likeness (QED) is 0.728. The maximum absolute atomic E-state index is 12.0. The largest absolute Gasteiger partial charge is 0.388 e. The molecule has 1 fully saturated rings. The number of Topliss-reactive ketones (excluding diaryl/α,β-unsaturated/α-hetero) is 1. The molecule has 0 bridgehead atoms. The number of amides is 1. The Morgan fingerprint density at radius 3 is 2.62 bits per heavy atom. The van der Waals surface area contributed by atoms with E-state index in [9.17, 15) is 14.7 Å². The Morgan fingerprint density at radius 1 is 1.43 bits per heavy atom. The lowest BCUT2D eigenvalue weighted by Crippen LogP contribution is -2.45. The summed E-state index contributed by atoms with van der Waals surface area (Å²) in [5, 5.41) is 13.3. The maximum Gasteiger partial charge on any atom is 0.267 e. The third kappa shape index (κ3) is 3.94. The van der Waals surface area contributed by atoms with Crippen LogP contribution in [0.4, 0.5) is 0 Å². The normalized spacial score (nSPS) is 25.6. The van der Waals surface area contributed by atoms with Crippen molar-refractivity contribution < 1.29 is 14.7 Å². The van der Waals surface area contributed by atoms with E-state index in [4.69, 9.17) is 0 Å². The van der Waals surface area contributed by atoms with Gasteiger partial charge in [-0.15, -0.1) is 0 Å². The molecule has 0 atom stereocenters. The second-order valence-corrected chi connectivity index (χ2v) is 6.12. The first-order valence-electron chi connectivity index (χ1n) is 7.63. The monoisotopic (exact) mass is 292 g/mol. The maximum atomic E-state index is 12.0. The van der Waals surface area contributed by atoms with E-state index in [1.807, 2.05) is 0 Å². The molecule has 1 heterocycles. The lowest BCUT2D eigenvalue weighted by atomic mass is 9.78. The van der Waals surface area contributed by atoms with Gasteiger partial charge in [-0.2, -0.15) is 0 Å². The van der Waals surface area contributed by atoms with E-state index >= 15 is 0 Å². The van der Waals surface area contributed by atoms with E-state index in [1.54, 1.807) is 0 Å². The summed E-state index contributed by atoms with van der Waals surface area (Å²) in [4.78, 5) is 26.0. The van der Waals surface area contributed by atoms with Crippen LogP contribution in [-0.4, -0.2) is 33.9 Å². The van der Waals surface area contributed by atoms with Gasteiger partial charge in [0.25, 0.3) is 5.91 Å². The van der Waals surface area contributed by atoms with Gasteiger partial charge in [0, 0.05) is 18.3 Å². The fourth-order valence-corrected chi connectivity index (χ4v) is 2.87. The van der Waals surface area contributed by atoms with Crippen molar-refractivity contribution >= 4 is 11.7 Å². The van der Waals surface area contributed by atoms with Crippen molar-refractivity contribution in [3.8, 4) is 0 Å². The number of hydrogen-bond donors (Lipinski definition) is 3. The SMILES string of the molecule is CCC1CCC(O)(CNC(=O)c2cc(C(C)=O)c[nH]2)CC1. The Bertz CT molecular complexity index is 513. The lowest BCUT2D eigenvalue weighted by molar-refractivity contribution is -0.00789. The fourth-order valence-electron chi connectivity index (χ4n) is 2.87. The van der Waals surface area contributed by atoms with Crippen molar-refractivity contribution in [2.45, 2.75) is 51.6 Å². The third-order valence-corrected chi connectivity index (χ3v) is 4.53. The molecule has 3 N–H and O–H groups in total. The van der Waals surface area contributed by atoms with Crippen molar-refractivity contribution in [1.82, 2.24) is 10.3 Å². The molecule has 0 spiro atoms. The van der Waals surface area contributed by atoms with Gasteiger partial charge in [0.15, 0.2) is 5.78 Å². The van der Waals surface area contributed by atoms with Crippen molar-refractivity contribution in [2.24, 2.45) is 5.92 Å². The topological polar surface area (TPSA) is 82.2 Å². The molecule has 1 amide bonds. The predicted molar refractivity (Wildman–Crippen MR) is 80.3 cm³/mol. The number of rotatable bonds is 5. The number of carbonyl (C=O) groups is 2. The Labute approximate surface area is 125 Å². The summed E-state index contributed by atoms with van der Waals surface area (Å²) in [6, 6.07) is 1.54. The number of aromatic nitrogens is 1. The number of ketones is 1. The number of aliphatic hydroxyl groups is 1. The highest BCUT2D eigenvalue weighted by molar-refractivity contribution is 5.99. The molecular formula is C16H24N2O3. The van der Waals surface area contributed by atoms with E-state index < -0.39 is 5.60 Å². The van der Waals surface area contributed by atoms with E-state index in [0.29, 0.717) is 17.2 Å². The highest BCUT2D eigenvalue weighted by atomic mass is 16.3. The second-order valence-electron chi connectivity index (χ2n) is 6.12. The lowest BCUT2D eigenvalue weighted by Gasteiger charge is -2.35. The first-order valence-corrected chi connectivity index (χ1v) is 7.63. The molecule has 0 radical (unpaired) electrons. The van der Waals surface area contributed by atoms with Gasteiger partial charge in [-0.25, -0.2) is 0 Å². The summed E-state index contributed by atoms with van der Waals surface area (Å²) in [5.41, 5.74) is 0.0468. The smallest absolute Gasteiger partial charge is 0.267 e. The molecule has 0 aliphatic heterocycles. The minimum Gasteiger partial charge on any atom is -0.388 e. The molecule has 1 aromatic heterocycles. The zero-order chi connectivity index (χ0) is 15.5. The van der Waals surface area contributed by atoms with Crippen LogP contribution in [0.15, 0.2) is 12.3 Å². The van der Waals surface area contributed by atoms with Gasteiger partial charge in [-0.05, 0) is 44.6 Å². The molecule has 1 aliphatic carbocycles. The van der Waals surface area contributed by atoms with Crippen LogP contribution in [0, 0.1) is 5.92 Å². The zero-order valence-electron chi connectivity index (χ0n) is 12.7. The minimum absolute atomic E-state index is 0.0817. The summed E-state index contributed by atoms with van der Waals surface area (Å²) in [7, 11) is 0. The summed E-state index contributed by atoms with van der Waals surface area (Å²) in [6.07, 6.45) is 6.17. The molecule has 1 saturated carbocycles. The van der Waals surface area contributed by atoms with Gasteiger partial charge in [0.05, 0.1) is 5.60 Å². The van der Waals surface area contributed by atoms with Crippen molar-refractivity contribution in [3.05, 3.63) is 23.5 Å². The summed E-state index contributed by atoms with van der Waals surface area (Å²) in [6.45, 7) is 3.89. The molecule has 116 valence electrons. The van der Waals surface area contributed by atoms with E-state index in [1.165, 1.54) is 19.2 Å². The van der Waals surface area contributed by atoms with Crippen molar-refractivity contribution in [1.29, 1.82) is 0 Å². The molecule has 0 saturated heterocycles. The van der Waals surface area contributed by atoms with Gasteiger partial charge < -0.3 is 15.4 Å². The van der Waals surface area contributed by atoms with Crippen LogP contribution in [0.1, 0.15) is 66.8 Å². The molecule has 1 aromatic rings. The molecule has 0 aromatic carbocycles. The van der Waals surface area contributed by atoms with E-state index in [-0.39, 0.29) is 18.2 Å². The Morgan fingerprint density at radius 2 is 2.10 bits per heavy atom. The summed E-state index contributed by atoms with van der Waals surface area (Å²) in [5.74, 6) is 0.331. The molecule has 5 heteroatoms. The van der Waals surface area contributed by atoms with Gasteiger partial charge in [-0.3, -0.25) is 9.59 Å². The predicted octanol–water partition coefficient (Wildman–Crippen LogP) is 2.28. The van der Waals surface area contributed by atoms with E-state index in [0.717, 1.165) is 32.1 Å². The van der Waals surface area contributed by atoms with Crippen LogP contribution >= 0.6 is 0 Å². The molecule has 0 unspecified atom stereocenters. The van der Waals surface area contributed by atoms with Crippen LogP contribution < -0.4 is 5.32 Å². The Balaban J connectivity index is 1.87. The summed E-state index contributed by atoms with van der Waals surface area (Å²) < 4.78 is 0.